The molecule has 2 aromatic rings. The van der Waals surface area contributed by atoms with Gasteiger partial charge in [-0.15, -0.1) is 0 Å². The molecule has 0 radical (unpaired) electrons. The Bertz CT molecular complexity index is 436. The molecule has 2 nitrogen and oxygen atoms in total. The fourth-order valence-corrected chi connectivity index (χ4v) is 1.05. The van der Waals surface area contributed by atoms with Gasteiger partial charge in [0.25, 0.3) is 0 Å². The topological polar surface area (TPSA) is 26.0 Å². The molecule has 2 rings (SSSR count). The van der Waals surface area contributed by atoms with E-state index in [1.165, 1.54) is 6.07 Å². The zero-order valence-electron chi connectivity index (χ0n) is 6.27. The van der Waals surface area contributed by atoms with Crippen molar-refractivity contribution < 1.29 is 13.2 Å². The smallest absolute Gasteiger partial charge is 0.203 e. The molecular weight excluding hydrogens is 164 g/mol. The van der Waals surface area contributed by atoms with E-state index in [0.717, 1.165) is 6.07 Å². The second-order valence-corrected chi connectivity index (χ2v) is 2.44. The maximum atomic E-state index is 12.9. The minimum atomic E-state index is -0.979. The van der Waals surface area contributed by atoms with Crippen molar-refractivity contribution in [1.82, 2.24) is 4.98 Å². The van der Waals surface area contributed by atoms with Gasteiger partial charge >= 0.3 is 0 Å². The fourth-order valence-electron chi connectivity index (χ4n) is 1.05. The van der Waals surface area contributed by atoms with Crippen LogP contribution in [0.3, 0.4) is 0 Å². The van der Waals surface area contributed by atoms with Crippen molar-refractivity contribution >= 4 is 11.1 Å². The first kappa shape index (κ1) is 7.21. The van der Waals surface area contributed by atoms with Gasteiger partial charge in [0.05, 0.1) is 0 Å². The summed E-state index contributed by atoms with van der Waals surface area (Å²) in [6, 6.07) is 2.41. The van der Waals surface area contributed by atoms with Gasteiger partial charge < -0.3 is 4.42 Å². The highest BCUT2D eigenvalue weighted by atomic mass is 19.2. The average molecular weight is 169 g/mol. The predicted octanol–water partition coefficient (Wildman–Crippen LogP) is 2.41. The summed E-state index contributed by atoms with van der Waals surface area (Å²) in [5, 5.41) is 0. The van der Waals surface area contributed by atoms with Crippen molar-refractivity contribution in [2.45, 2.75) is 6.92 Å². The molecule has 0 saturated carbocycles. The quantitative estimate of drug-likeness (QED) is 0.605. The van der Waals surface area contributed by atoms with Gasteiger partial charge in [0, 0.05) is 6.92 Å². The second kappa shape index (κ2) is 2.27. The predicted molar refractivity (Wildman–Crippen MR) is 38.7 cm³/mol. The molecule has 0 bridgehead atoms. The van der Waals surface area contributed by atoms with Crippen LogP contribution in [0.5, 0.6) is 0 Å². The molecule has 4 heteroatoms. The normalized spacial score (nSPS) is 10.9. The Morgan fingerprint density at radius 3 is 2.83 bits per heavy atom. The van der Waals surface area contributed by atoms with Crippen LogP contribution >= 0.6 is 0 Å². The van der Waals surface area contributed by atoms with E-state index < -0.39 is 11.6 Å². The maximum Gasteiger partial charge on any atom is 0.203 e. The van der Waals surface area contributed by atoms with Crippen molar-refractivity contribution in [3.63, 3.8) is 0 Å². The van der Waals surface area contributed by atoms with Crippen LogP contribution in [0.25, 0.3) is 11.1 Å². The maximum absolute atomic E-state index is 12.9. The molecule has 0 spiro atoms. The number of aromatic nitrogens is 1. The van der Waals surface area contributed by atoms with Crippen LogP contribution in [0.15, 0.2) is 16.5 Å². The number of hydrogen-bond donors (Lipinski definition) is 0. The summed E-state index contributed by atoms with van der Waals surface area (Å²) in [5.74, 6) is -1.57. The third-order valence-electron chi connectivity index (χ3n) is 1.56. The Kier molecular flexibility index (Phi) is 1.36. The van der Waals surface area contributed by atoms with Crippen LogP contribution in [0.1, 0.15) is 5.89 Å². The zero-order valence-corrected chi connectivity index (χ0v) is 6.27. The first-order valence-corrected chi connectivity index (χ1v) is 3.39. The molecule has 0 fully saturated rings. The molecule has 62 valence electrons. The molecule has 1 aromatic carbocycles. The fraction of sp³-hybridized carbons (Fsp3) is 0.125. The van der Waals surface area contributed by atoms with Crippen LogP contribution in [0.4, 0.5) is 8.78 Å². The van der Waals surface area contributed by atoms with Crippen molar-refractivity contribution in [3.05, 3.63) is 29.7 Å². The Balaban J connectivity index is 2.89. The van der Waals surface area contributed by atoms with Gasteiger partial charge in [0.15, 0.2) is 17.3 Å². The third-order valence-corrected chi connectivity index (χ3v) is 1.56. The van der Waals surface area contributed by atoms with E-state index in [1.807, 2.05) is 0 Å². The van der Waals surface area contributed by atoms with Crippen molar-refractivity contribution in [3.8, 4) is 0 Å². The second-order valence-electron chi connectivity index (χ2n) is 2.44. The molecule has 0 amide bonds. The summed E-state index contributed by atoms with van der Waals surface area (Å²) >= 11 is 0. The van der Waals surface area contributed by atoms with Gasteiger partial charge in [-0.05, 0) is 12.1 Å². The summed E-state index contributed by atoms with van der Waals surface area (Å²) in [7, 11) is 0. The molecule has 12 heavy (non-hydrogen) atoms. The number of halogens is 2. The Hall–Kier alpha value is -1.45. The lowest BCUT2D eigenvalue weighted by molar-refractivity contribution is 0.482. The van der Waals surface area contributed by atoms with E-state index in [2.05, 4.69) is 4.98 Å². The number of benzene rings is 1. The largest absolute Gasteiger partial charge is 0.438 e. The standard InChI is InChI=1S/C8H5F2NO/c1-4-11-6-3-2-5(9)7(10)8(6)12-4/h2-3H,1H3. The number of hydrogen-bond acceptors (Lipinski definition) is 2. The van der Waals surface area contributed by atoms with Gasteiger partial charge in [0.2, 0.25) is 5.82 Å². The Morgan fingerprint density at radius 1 is 1.33 bits per heavy atom. The third kappa shape index (κ3) is 0.879. The van der Waals surface area contributed by atoms with Crippen molar-refractivity contribution in [2.75, 3.05) is 0 Å². The summed E-state index contributed by atoms with van der Waals surface area (Å²) < 4.78 is 30.4. The number of nitrogens with zero attached hydrogens (tertiary/aromatic N) is 1. The van der Waals surface area contributed by atoms with E-state index in [1.54, 1.807) is 6.92 Å². The molecule has 0 N–H and O–H groups in total. The van der Waals surface area contributed by atoms with E-state index in [-0.39, 0.29) is 5.58 Å². The summed E-state index contributed by atoms with van der Waals surface area (Å²) in [6.45, 7) is 1.58. The molecule has 1 aromatic heterocycles. The SMILES string of the molecule is Cc1nc2ccc(F)c(F)c2o1. The number of oxazole rings is 1. The number of aryl methyl sites for hydroxylation is 1. The first-order chi connectivity index (χ1) is 5.68. The summed E-state index contributed by atoms with van der Waals surface area (Å²) in [4.78, 5) is 3.84. The Labute approximate surface area is 66.8 Å². The molecule has 0 aliphatic heterocycles. The highest BCUT2D eigenvalue weighted by Gasteiger charge is 2.11. The minimum absolute atomic E-state index is 0.118. The van der Waals surface area contributed by atoms with Gasteiger partial charge in [-0.3, -0.25) is 0 Å². The zero-order chi connectivity index (χ0) is 8.72. The monoisotopic (exact) mass is 169 g/mol. The molecule has 0 aliphatic rings. The molecule has 0 unspecified atom stereocenters. The van der Waals surface area contributed by atoms with Crippen LogP contribution in [-0.4, -0.2) is 4.98 Å². The van der Waals surface area contributed by atoms with Crippen molar-refractivity contribution in [2.24, 2.45) is 0 Å². The van der Waals surface area contributed by atoms with Gasteiger partial charge in [0.1, 0.15) is 5.52 Å². The van der Waals surface area contributed by atoms with Crippen LogP contribution in [0.2, 0.25) is 0 Å². The molecule has 1 heterocycles. The lowest BCUT2D eigenvalue weighted by atomic mass is 10.3. The number of fused-ring (bicyclic) bond motifs is 1. The molecule has 0 saturated heterocycles. The van der Waals surface area contributed by atoms with E-state index in [0.29, 0.717) is 11.4 Å². The molecular formula is C8H5F2NO. The minimum Gasteiger partial charge on any atom is -0.438 e. The highest BCUT2D eigenvalue weighted by Crippen LogP contribution is 2.20. The van der Waals surface area contributed by atoms with E-state index >= 15 is 0 Å². The number of rotatable bonds is 0. The van der Waals surface area contributed by atoms with Crippen LogP contribution in [0, 0.1) is 18.6 Å². The average Bonchev–Trinajstić information content (AvgIpc) is 2.39. The highest BCUT2D eigenvalue weighted by molar-refractivity contribution is 5.73. The van der Waals surface area contributed by atoms with Gasteiger partial charge in [-0.1, -0.05) is 0 Å². The molecule has 0 aliphatic carbocycles. The lowest BCUT2D eigenvalue weighted by Crippen LogP contribution is -1.82. The van der Waals surface area contributed by atoms with Gasteiger partial charge in [-0.2, -0.15) is 4.39 Å². The van der Waals surface area contributed by atoms with E-state index in [9.17, 15) is 8.78 Å². The summed E-state index contributed by atoms with van der Waals surface area (Å²) in [6.07, 6.45) is 0. The Morgan fingerprint density at radius 2 is 2.08 bits per heavy atom. The summed E-state index contributed by atoms with van der Waals surface area (Å²) in [5.41, 5.74) is 0.221. The van der Waals surface area contributed by atoms with E-state index in [4.69, 9.17) is 4.42 Å². The van der Waals surface area contributed by atoms with Crippen molar-refractivity contribution in [1.29, 1.82) is 0 Å². The van der Waals surface area contributed by atoms with Gasteiger partial charge in [-0.25, -0.2) is 9.37 Å². The van der Waals surface area contributed by atoms with Crippen LogP contribution in [-0.2, 0) is 0 Å². The lowest BCUT2D eigenvalue weighted by Gasteiger charge is -1.89. The first-order valence-electron chi connectivity index (χ1n) is 3.39. The van der Waals surface area contributed by atoms with Crippen LogP contribution < -0.4 is 0 Å². The molecule has 0 atom stereocenters.